The second-order valence-electron chi connectivity index (χ2n) is 17.5. The van der Waals surface area contributed by atoms with E-state index in [1.807, 2.05) is 0 Å². The minimum atomic E-state index is -2.33. The van der Waals surface area contributed by atoms with Crippen molar-refractivity contribution in [2.24, 2.45) is 0 Å². The molecular formula is C38H63NO30. The Labute approximate surface area is 390 Å². The van der Waals surface area contributed by atoms with Crippen molar-refractivity contribution in [1.29, 1.82) is 0 Å². The molecule has 30 atom stereocenters. The summed E-state index contributed by atoms with van der Waals surface area (Å²) in [7, 11) is 0. The van der Waals surface area contributed by atoms with E-state index in [0.29, 0.717) is 0 Å². The molecule has 6 aliphatic heterocycles. The summed E-state index contributed by atoms with van der Waals surface area (Å²) in [6.07, 6.45) is -56.7. The van der Waals surface area contributed by atoms with Crippen LogP contribution in [-0.2, 0) is 61.7 Å². The van der Waals surface area contributed by atoms with Crippen molar-refractivity contribution in [3.63, 3.8) is 0 Å². The van der Waals surface area contributed by atoms with Crippen LogP contribution < -0.4 is 5.32 Å². The molecule has 31 heteroatoms. The van der Waals surface area contributed by atoms with Crippen molar-refractivity contribution < 1.29 is 149 Å². The SMILES string of the molecule is CC(=O)N[C@H]1C(O)O[C@H](CO)[C@H](O)[C@@H]1O[C@@H]1O[C@H](CO)[C@H](O[C@@H]2O[C@H](CO)[C@H](O)[C@H](O[C@@H]3O[C@H](C(=O)O)[C@@H](O)[C@H](O)[C@H]3O[C@@H]3O[C@@H](C)[C@@H](O)[C@@H](O)[C@@H]3O)[C@H]2O)[C@H](O)[C@H]1O[C@@H]1O[C@@H](C)[C@@H](O)[C@@H](O)[C@@H]1O. The highest BCUT2D eigenvalue weighted by Crippen LogP contribution is 2.38. The molecule has 0 radical (unpaired) electrons. The molecule has 0 aromatic carbocycles. The Kier molecular flexibility index (Phi) is 19.0. The summed E-state index contributed by atoms with van der Waals surface area (Å²) in [6.45, 7) is 0.506. The number of rotatable bonds is 15. The molecule has 0 saturated carbocycles. The van der Waals surface area contributed by atoms with Crippen LogP contribution in [0.4, 0.5) is 0 Å². The summed E-state index contributed by atoms with van der Waals surface area (Å²) >= 11 is 0. The lowest BCUT2D eigenvalue weighted by Crippen LogP contribution is -2.70. The molecule has 1 unspecified atom stereocenters. The molecule has 18 N–H and O–H groups in total. The largest absolute Gasteiger partial charge is 0.479 e. The van der Waals surface area contributed by atoms with E-state index < -0.39 is 216 Å². The first kappa shape index (κ1) is 56.2. The van der Waals surface area contributed by atoms with Gasteiger partial charge in [0.15, 0.2) is 43.8 Å². The van der Waals surface area contributed by atoms with Crippen molar-refractivity contribution in [2.75, 3.05) is 19.8 Å². The highest BCUT2D eigenvalue weighted by atomic mass is 16.8. The van der Waals surface area contributed by atoms with E-state index in [4.69, 9.17) is 52.1 Å². The Morgan fingerprint density at radius 3 is 1.35 bits per heavy atom. The quantitative estimate of drug-likeness (QED) is 0.0724. The molecule has 6 aliphatic rings. The summed E-state index contributed by atoms with van der Waals surface area (Å²) in [6, 6.07) is -1.63. The minimum Gasteiger partial charge on any atom is -0.479 e. The lowest BCUT2D eigenvalue weighted by Gasteiger charge is -2.51. The fourth-order valence-electron chi connectivity index (χ4n) is 8.75. The highest BCUT2D eigenvalue weighted by Gasteiger charge is 2.59. The summed E-state index contributed by atoms with van der Waals surface area (Å²) in [5, 5.41) is 185. The Morgan fingerprint density at radius 1 is 0.420 bits per heavy atom. The number of carbonyl (C=O) groups excluding carboxylic acids is 1. The molecule has 0 aromatic rings. The Bertz CT molecular complexity index is 1670. The first-order valence-corrected chi connectivity index (χ1v) is 21.8. The van der Waals surface area contributed by atoms with Gasteiger partial charge in [0.25, 0.3) is 0 Å². The summed E-state index contributed by atoms with van der Waals surface area (Å²) in [4.78, 5) is 24.3. The molecule has 31 nitrogen and oxygen atoms in total. The number of ether oxygens (including phenoxy) is 11. The van der Waals surface area contributed by atoms with Gasteiger partial charge in [-0.15, -0.1) is 0 Å². The van der Waals surface area contributed by atoms with Crippen LogP contribution >= 0.6 is 0 Å². The Balaban J connectivity index is 1.30. The van der Waals surface area contributed by atoms with Gasteiger partial charge in [0.05, 0.1) is 32.0 Å². The van der Waals surface area contributed by atoms with Gasteiger partial charge in [0.1, 0.15) is 128 Å². The van der Waals surface area contributed by atoms with Gasteiger partial charge in [-0.25, -0.2) is 4.79 Å². The van der Waals surface area contributed by atoms with Gasteiger partial charge in [-0.2, -0.15) is 0 Å². The number of carboxylic acid groups (broad SMARTS) is 1. The average molecular weight is 1010 g/mol. The summed E-state index contributed by atoms with van der Waals surface area (Å²) in [5.41, 5.74) is 0. The van der Waals surface area contributed by atoms with Crippen LogP contribution in [0.5, 0.6) is 0 Å². The Morgan fingerprint density at radius 2 is 0.841 bits per heavy atom. The number of aliphatic carboxylic acids is 1. The molecule has 6 saturated heterocycles. The van der Waals surface area contributed by atoms with Gasteiger partial charge in [-0.05, 0) is 13.8 Å². The maximum absolute atomic E-state index is 12.2. The van der Waals surface area contributed by atoms with Crippen molar-refractivity contribution in [3.8, 4) is 0 Å². The third-order valence-electron chi connectivity index (χ3n) is 12.7. The van der Waals surface area contributed by atoms with Crippen LogP contribution in [0, 0.1) is 0 Å². The topological polar surface area (TPSA) is 492 Å². The molecule has 6 fully saturated rings. The van der Waals surface area contributed by atoms with Crippen LogP contribution in [-0.4, -0.2) is 303 Å². The van der Waals surface area contributed by atoms with Crippen LogP contribution in [0.1, 0.15) is 20.8 Å². The van der Waals surface area contributed by atoms with E-state index in [0.717, 1.165) is 6.92 Å². The van der Waals surface area contributed by atoms with Gasteiger partial charge < -0.3 is 144 Å². The number of aliphatic hydroxyl groups is 16. The standard InChI is InChI=1S/C38H63NO30/c1-7-14(44)18(48)22(52)34(59-7)68-30-21(51)20(50)29(32(56)57)67-38(30)66-28-17(47)11(5-41)62-36(25(28)55)64-26-12(6-42)63-37(31(24(26)54)69-35-23(53)19(49)15(45)8(2)60-35)65-27-13(39-9(3)43)33(58)61-10(4-40)16(27)46/h7-8,10-31,33-38,40-42,44-55,58H,4-6H2,1-3H3,(H,39,43)(H,56,57)/t7-,8-,10+,11+,12+,13+,14+,15+,16-,17-,18+,19+,20-,21-,22-,23-,24-,25+,26-,27+,28-,29-,30+,31+,33?,34-,35-,36-,37-,38+/m0/s1. The van der Waals surface area contributed by atoms with Gasteiger partial charge in [-0.3, -0.25) is 4.79 Å². The molecule has 0 aliphatic carbocycles. The van der Waals surface area contributed by atoms with Gasteiger partial charge in [0, 0.05) is 6.92 Å². The molecule has 6 rings (SSSR count). The van der Waals surface area contributed by atoms with E-state index >= 15 is 0 Å². The normalized spacial score (nSPS) is 52.0. The van der Waals surface area contributed by atoms with Crippen LogP contribution in [0.15, 0.2) is 0 Å². The molecule has 400 valence electrons. The maximum Gasteiger partial charge on any atom is 0.335 e. The molecule has 69 heavy (non-hydrogen) atoms. The smallest absolute Gasteiger partial charge is 0.335 e. The third-order valence-corrected chi connectivity index (χ3v) is 12.7. The number of hydrogen-bond donors (Lipinski definition) is 18. The molecule has 1 amide bonds. The third kappa shape index (κ3) is 11.6. The second kappa shape index (κ2) is 23.4. The van der Waals surface area contributed by atoms with E-state index in [1.54, 1.807) is 0 Å². The molecule has 0 aromatic heterocycles. The number of carbonyl (C=O) groups is 2. The van der Waals surface area contributed by atoms with E-state index in [2.05, 4.69) is 5.32 Å². The molecular weight excluding hydrogens is 950 g/mol. The predicted molar refractivity (Wildman–Crippen MR) is 208 cm³/mol. The van der Waals surface area contributed by atoms with Crippen molar-refractivity contribution >= 4 is 11.9 Å². The van der Waals surface area contributed by atoms with Crippen molar-refractivity contribution in [1.82, 2.24) is 5.32 Å². The first-order chi connectivity index (χ1) is 32.4. The minimum absolute atomic E-state index is 0.773. The fraction of sp³-hybridized carbons (Fsp3) is 0.947. The molecule has 0 spiro atoms. The predicted octanol–water partition coefficient (Wildman–Crippen LogP) is -11.8. The number of nitrogens with one attached hydrogen (secondary N) is 1. The van der Waals surface area contributed by atoms with Crippen LogP contribution in [0.25, 0.3) is 0 Å². The van der Waals surface area contributed by atoms with Crippen LogP contribution in [0.3, 0.4) is 0 Å². The fourth-order valence-corrected chi connectivity index (χ4v) is 8.75. The summed E-state index contributed by atoms with van der Waals surface area (Å²) in [5.74, 6) is -2.63. The molecule has 6 heterocycles. The first-order valence-electron chi connectivity index (χ1n) is 21.8. The lowest BCUT2D eigenvalue weighted by atomic mass is 9.94. The van der Waals surface area contributed by atoms with Crippen LogP contribution in [0.2, 0.25) is 0 Å². The van der Waals surface area contributed by atoms with E-state index in [1.165, 1.54) is 13.8 Å². The van der Waals surface area contributed by atoms with Gasteiger partial charge >= 0.3 is 5.97 Å². The van der Waals surface area contributed by atoms with E-state index in [-0.39, 0.29) is 0 Å². The van der Waals surface area contributed by atoms with E-state index in [9.17, 15) is 96.4 Å². The number of aliphatic hydroxyl groups excluding tert-OH is 16. The number of amides is 1. The average Bonchev–Trinajstić information content (AvgIpc) is 3.30. The Hall–Kier alpha value is -2.14. The molecule has 0 bridgehead atoms. The summed E-state index contributed by atoms with van der Waals surface area (Å²) < 4.78 is 62.4. The maximum atomic E-state index is 12.2. The van der Waals surface area contributed by atoms with Crippen molar-refractivity contribution in [3.05, 3.63) is 0 Å². The number of carboxylic acids is 1. The number of hydrogen-bond acceptors (Lipinski definition) is 29. The zero-order valence-corrected chi connectivity index (χ0v) is 36.9. The highest BCUT2D eigenvalue weighted by molar-refractivity contribution is 5.73. The lowest BCUT2D eigenvalue weighted by molar-refractivity contribution is -0.405. The monoisotopic (exact) mass is 1010 g/mol. The zero-order valence-electron chi connectivity index (χ0n) is 36.9. The second-order valence-corrected chi connectivity index (χ2v) is 17.5. The van der Waals surface area contributed by atoms with Gasteiger partial charge in [0.2, 0.25) is 5.91 Å². The van der Waals surface area contributed by atoms with Gasteiger partial charge in [-0.1, -0.05) is 0 Å². The zero-order chi connectivity index (χ0) is 51.1. The van der Waals surface area contributed by atoms with Crippen molar-refractivity contribution in [2.45, 2.75) is 205 Å².